The van der Waals surface area contributed by atoms with E-state index < -0.39 is 0 Å². The summed E-state index contributed by atoms with van der Waals surface area (Å²) in [7, 11) is 0. The van der Waals surface area contributed by atoms with Gasteiger partial charge < -0.3 is 0 Å². The molecule has 0 unspecified atom stereocenters. The van der Waals surface area contributed by atoms with E-state index in [9.17, 15) is 0 Å². The van der Waals surface area contributed by atoms with E-state index in [0.29, 0.717) is 0 Å². The average molecular weight is 1230 g/mol. The molecule has 0 aromatic carbocycles. The van der Waals surface area contributed by atoms with Gasteiger partial charge in [0.15, 0.2) is 0 Å². The Kier molecular flexibility index (Phi) is 20.5. The first-order chi connectivity index (χ1) is 30.7. The molecule has 7 rings (SSSR count). The van der Waals surface area contributed by atoms with Crippen LogP contribution in [0.5, 0.6) is 0 Å². The minimum absolute atomic E-state index is 1.14. The van der Waals surface area contributed by atoms with Gasteiger partial charge in [-0.25, -0.2) is 0 Å². The topological polar surface area (TPSA) is 0 Å². The standard InChI is InChI=1S/C52H60Br4S7/c1-5-9-13-17-21-33-27-41(60-49(33)53)37-31-43(58-47(37)45-29-35(51(55)62-45)23-19-15-11-7-3)39-25-26-40(57-39)44-32-38(42-28-34(50(54)61-42)22-18-14-10-6-2)48(59-44)46-30-36(52(56)63-46)24-20-16-12-8-4/h25-32H,5-24H2,1-4H3. The smallest absolute Gasteiger partial charge is 0.0737 e. The molecule has 0 amide bonds. The van der Waals surface area contributed by atoms with Gasteiger partial charge in [-0.15, -0.1) is 79.4 Å². The number of aryl methyl sites for hydroxylation is 4. The highest BCUT2D eigenvalue weighted by Gasteiger charge is 2.24. The van der Waals surface area contributed by atoms with Gasteiger partial charge in [-0.05, 0) is 186 Å². The molecule has 63 heavy (non-hydrogen) atoms. The maximum absolute atomic E-state index is 4.00. The summed E-state index contributed by atoms with van der Waals surface area (Å²) >= 11 is 29.6. The summed E-state index contributed by atoms with van der Waals surface area (Å²) in [4.78, 5) is 13.8. The molecule has 0 saturated heterocycles. The number of hydrogen-bond acceptors (Lipinski definition) is 7. The zero-order chi connectivity index (χ0) is 44.3. The van der Waals surface area contributed by atoms with Gasteiger partial charge in [0.25, 0.3) is 0 Å². The molecule has 7 aromatic rings. The van der Waals surface area contributed by atoms with E-state index in [4.69, 9.17) is 0 Å². The summed E-state index contributed by atoms with van der Waals surface area (Å²) in [6.07, 6.45) is 25.1. The van der Waals surface area contributed by atoms with Crippen molar-refractivity contribution in [3.05, 3.63) is 85.9 Å². The third-order valence-electron chi connectivity index (χ3n) is 11.8. The van der Waals surface area contributed by atoms with Crippen molar-refractivity contribution in [1.82, 2.24) is 0 Å². The minimum atomic E-state index is 1.14. The summed E-state index contributed by atoms with van der Waals surface area (Å²) in [5.41, 5.74) is 8.59. The first-order valence-corrected chi connectivity index (χ1v) is 32.1. The maximum Gasteiger partial charge on any atom is 0.0737 e. The molecular formula is C52H60Br4S7. The normalized spacial score (nSPS) is 11.8. The lowest BCUT2D eigenvalue weighted by atomic mass is 10.1. The molecule has 0 bridgehead atoms. The molecule has 0 saturated carbocycles. The van der Waals surface area contributed by atoms with E-state index >= 15 is 0 Å². The van der Waals surface area contributed by atoms with Crippen LogP contribution in [0.1, 0.15) is 153 Å². The lowest BCUT2D eigenvalue weighted by Crippen LogP contribution is -1.84. The van der Waals surface area contributed by atoms with Crippen LogP contribution in [0.4, 0.5) is 0 Å². The fourth-order valence-corrected chi connectivity index (χ4v) is 19.1. The molecule has 7 aromatic heterocycles. The van der Waals surface area contributed by atoms with Crippen LogP contribution in [0.2, 0.25) is 0 Å². The number of hydrogen-bond donors (Lipinski definition) is 0. The molecule has 0 aliphatic carbocycles. The third-order valence-corrected chi connectivity index (χ3v) is 23.8. The van der Waals surface area contributed by atoms with Crippen molar-refractivity contribution in [2.75, 3.05) is 0 Å². The Labute approximate surface area is 439 Å². The number of unbranched alkanes of at least 4 members (excludes halogenated alkanes) is 12. The van der Waals surface area contributed by atoms with E-state index in [1.54, 1.807) is 0 Å². The largest absolute Gasteiger partial charge is 0.134 e. The molecule has 0 N–H and O–H groups in total. The van der Waals surface area contributed by atoms with Crippen LogP contribution in [0.15, 0.2) is 63.7 Å². The summed E-state index contributed by atoms with van der Waals surface area (Å²) in [6, 6.07) is 19.7. The van der Waals surface area contributed by atoms with E-state index in [2.05, 4.69) is 140 Å². The van der Waals surface area contributed by atoms with Gasteiger partial charge in [0, 0.05) is 50.1 Å². The third kappa shape index (κ3) is 13.3. The summed E-state index contributed by atoms with van der Waals surface area (Å²) in [5.74, 6) is 0. The van der Waals surface area contributed by atoms with E-state index in [-0.39, 0.29) is 0 Å². The average Bonchev–Trinajstić information content (AvgIpc) is 4.14. The second-order valence-corrected chi connectivity index (χ2v) is 29.4. The zero-order valence-electron chi connectivity index (χ0n) is 37.1. The van der Waals surface area contributed by atoms with Crippen LogP contribution < -0.4 is 0 Å². The van der Waals surface area contributed by atoms with Crippen molar-refractivity contribution in [3.8, 4) is 59.9 Å². The molecule has 0 fully saturated rings. The van der Waals surface area contributed by atoms with Crippen molar-refractivity contribution >= 4 is 143 Å². The highest BCUT2D eigenvalue weighted by Crippen LogP contribution is 2.54. The van der Waals surface area contributed by atoms with Crippen LogP contribution in [0, 0.1) is 0 Å². The van der Waals surface area contributed by atoms with Crippen LogP contribution in [0.3, 0.4) is 0 Å². The molecule has 0 nitrogen and oxygen atoms in total. The molecule has 0 aliphatic rings. The second kappa shape index (κ2) is 25.4. The SMILES string of the molecule is CCCCCCc1cc(-c2cc(-c3ccc(-c4cc(-c5cc(CCCCCC)c(Br)s5)c(-c5cc(CCCCCC)c(Br)s5)s4)s3)sc2-c2cc(CCCCCC)c(Br)s2)sc1Br. The van der Waals surface area contributed by atoms with E-state index in [0.717, 1.165) is 25.7 Å². The highest BCUT2D eigenvalue weighted by molar-refractivity contribution is 9.11. The predicted molar refractivity (Wildman–Crippen MR) is 306 cm³/mol. The molecule has 11 heteroatoms. The van der Waals surface area contributed by atoms with Crippen molar-refractivity contribution in [2.45, 2.75) is 156 Å². The monoisotopic (exact) mass is 1220 g/mol. The fourth-order valence-electron chi connectivity index (χ4n) is 8.13. The van der Waals surface area contributed by atoms with Gasteiger partial charge in [-0.1, -0.05) is 105 Å². The lowest BCUT2D eigenvalue weighted by molar-refractivity contribution is 0.667. The Morgan fingerprint density at radius 1 is 0.302 bits per heavy atom. The van der Waals surface area contributed by atoms with Crippen molar-refractivity contribution < 1.29 is 0 Å². The van der Waals surface area contributed by atoms with Gasteiger partial charge in [0.1, 0.15) is 0 Å². The van der Waals surface area contributed by atoms with Crippen LogP contribution >= 0.6 is 143 Å². The van der Waals surface area contributed by atoms with Gasteiger partial charge in [0.05, 0.1) is 24.9 Å². The second-order valence-electron chi connectivity index (χ2n) is 16.8. The minimum Gasteiger partial charge on any atom is -0.134 e. The lowest BCUT2D eigenvalue weighted by Gasteiger charge is -2.00. The molecule has 0 spiro atoms. The summed E-state index contributed by atoms with van der Waals surface area (Å²) in [5, 5.41) is 0. The molecule has 338 valence electrons. The molecular weight excluding hydrogens is 1170 g/mol. The van der Waals surface area contributed by atoms with E-state index in [1.807, 2.05) is 79.4 Å². The van der Waals surface area contributed by atoms with Gasteiger partial charge in [-0.2, -0.15) is 0 Å². The Morgan fingerprint density at radius 2 is 0.603 bits per heavy atom. The Morgan fingerprint density at radius 3 is 0.921 bits per heavy atom. The Hall–Kier alpha value is -0.180. The van der Waals surface area contributed by atoms with Crippen molar-refractivity contribution in [1.29, 1.82) is 0 Å². The number of thiophene rings is 7. The molecule has 0 atom stereocenters. The number of rotatable bonds is 26. The quantitative estimate of drug-likeness (QED) is 0.0474. The van der Waals surface area contributed by atoms with E-state index in [1.165, 1.54) is 200 Å². The molecule has 0 radical (unpaired) electrons. The first kappa shape index (κ1) is 50.7. The summed E-state index contributed by atoms with van der Waals surface area (Å²) < 4.78 is 5.18. The van der Waals surface area contributed by atoms with Crippen LogP contribution in [0.25, 0.3) is 59.9 Å². The Balaban J connectivity index is 1.24. The zero-order valence-corrected chi connectivity index (χ0v) is 49.2. The Bertz CT molecular complexity index is 2180. The molecule has 7 heterocycles. The molecule has 0 aliphatic heterocycles. The summed E-state index contributed by atoms with van der Waals surface area (Å²) in [6.45, 7) is 9.18. The van der Waals surface area contributed by atoms with Gasteiger partial charge in [0.2, 0.25) is 0 Å². The van der Waals surface area contributed by atoms with Gasteiger partial charge in [-0.3, -0.25) is 0 Å². The highest BCUT2D eigenvalue weighted by atomic mass is 79.9. The van der Waals surface area contributed by atoms with Crippen LogP contribution in [-0.4, -0.2) is 0 Å². The maximum atomic E-state index is 4.00. The number of halogens is 4. The fraction of sp³-hybridized carbons (Fsp3) is 0.462. The van der Waals surface area contributed by atoms with Gasteiger partial charge >= 0.3 is 0 Å². The van der Waals surface area contributed by atoms with Crippen LogP contribution in [-0.2, 0) is 25.7 Å². The predicted octanol–water partition coefficient (Wildman–Crippen LogP) is 23.7. The van der Waals surface area contributed by atoms with Crippen molar-refractivity contribution in [3.63, 3.8) is 0 Å². The first-order valence-electron chi connectivity index (χ1n) is 23.2. The van der Waals surface area contributed by atoms with Crippen molar-refractivity contribution in [2.24, 2.45) is 0 Å².